The van der Waals surface area contributed by atoms with Crippen LogP contribution in [-0.2, 0) is 11.3 Å². The van der Waals surface area contributed by atoms with Crippen molar-refractivity contribution >= 4 is 12.6 Å². The van der Waals surface area contributed by atoms with Crippen LogP contribution in [0.4, 0.5) is 0 Å². The van der Waals surface area contributed by atoms with Gasteiger partial charge in [-0.05, 0) is 31.0 Å². The third-order valence-electron chi connectivity index (χ3n) is 2.02. The summed E-state index contributed by atoms with van der Waals surface area (Å²) < 4.78 is 5.60. The fourth-order valence-electron chi connectivity index (χ4n) is 1.00. The summed E-state index contributed by atoms with van der Waals surface area (Å²) >= 11 is 4.27. The second kappa shape index (κ2) is 5.30. The molecule has 0 unspecified atom stereocenters. The summed E-state index contributed by atoms with van der Waals surface area (Å²) in [5, 5.41) is 0. The molecule has 13 heavy (non-hydrogen) atoms. The molecule has 0 heterocycles. The van der Waals surface area contributed by atoms with E-state index in [2.05, 4.69) is 32.5 Å². The number of ether oxygens (including phenoxy) is 1. The van der Waals surface area contributed by atoms with Gasteiger partial charge >= 0.3 is 0 Å². The Kier molecular flexibility index (Phi) is 4.33. The second-order valence-corrected chi connectivity index (χ2v) is 3.72. The summed E-state index contributed by atoms with van der Waals surface area (Å²) in [5.74, 6) is 0. The highest BCUT2D eigenvalue weighted by Gasteiger charge is 1.99. The predicted octanol–water partition coefficient (Wildman–Crippen LogP) is 3.29. The van der Waals surface area contributed by atoms with Crippen LogP contribution in [0.15, 0.2) is 29.2 Å². The maximum atomic E-state index is 5.60. The van der Waals surface area contributed by atoms with Crippen LogP contribution in [0, 0.1) is 0 Å². The molecule has 0 saturated heterocycles. The molecule has 0 bridgehead atoms. The van der Waals surface area contributed by atoms with Gasteiger partial charge in [0.2, 0.25) is 0 Å². The molecule has 0 aliphatic heterocycles. The molecule has 2 heteroatoms. The van der Waals surface area contributed by atoms with Gasteiger partial charge in [0.25, 0.3) is 0 Å². The molecule has 0 aliphatic rings. The van der Waals surface area contributed by atoms with Crippen molar-refractivity contribution in [2.45, 2.75) is 37.9 Å². The number of benzene rings is 1. The Morgan fingerprint density at radius 1 is 1.46 bits per heavy atom. The van der Waals surface area contributed by atoms with E-state index in [4.69, 9.17) is 4.74 Å². The van der Waals surface area contributed by atoms with E-state index in [1.165, 1.54) is 5.56 Å². The third kappa shape index (κ3) is 3.83. The van der Waals surface area contributed by atoms with Crippen molar-refractivity contribution in [1.29, 1.82) is 0 Å². The molecule has 1 nitrogen and oxygen atoms in total. The van der Waals surface area contributed by atoms with Crippen molar-refractivity contribution in [2.24, 2.45) is 0 Å². The average Bonchev–Trinajstić information content (AvgIpc) is 2.14. The lowest BCUT2D eigenvalue weighted by Crippen LogP contribution is -2.05. The van der Waals surface area contributed by atoms with Crippen molar-refractivity contribution in [3.63, 3.8) is 0 Å². The zero-order valence-corrected chi connectivity index (χ0v) is 9.05. The zero-order chi connectivity index (χ0) is 9.68. The van der Waals surface area contributed by atoms with Gasteiger partial charge in [-0.2, -0.15) is 0 Å². The van der Waals surface area contributed by atoms with Gasteiger partial charge in [-0.25, -0.2) is 0 Å². The monoisotopic (exact) mass is 196 g/mol. The molecule has 0 amide bonds. The van der Waals surface area contributed by atoms with Gasteiger partial charge in [0.05, 0.1) is 12.7 Å². The highest BCUT2D eigenvalue weighted by atomic mass is 32.1. The molecule has 1 rings (SSSR count). The van der Waals surface area contributed by atoms with Crippen molar-refractivity contribution < 1.29 is 4.74 Å². The quantitative estimate of drug-likeness (QED) is 0.727. The molecule has 1 aromatic rings. The molecule has 72 valence electrons. The first-order valence-corrected chi connectivity index (χ1v) is 5.06. The van der Waals surface area contributed by atoms with Gasteiger partial charge in [-0.1, -0.05) is 19.1 Å². The molecule has 1 aromatic carbocycles. The molecular formula is C11H16OS. The van der Waals surface area contributed by atoms with E-state index in [0.29, 0.717) is 12.7 Å². The van der Waals surface area contributed by atoms with Gasteiger partial charge in [0.1, 0.15) is 0 Å². The smallest absolute Gasteiger partial charge is 0.0720 e. The Balaban J connectivity index is 2.45. The maximum Gasteiger partial charge on any atom is 0.0720 e. The highest BCUT2D eigenvalue weighted by Crippen LogP contribution is 2.11. The fraction of sp³-hybridized carbons (Fsp3) is 0.455. The fourth-order valence-corrected chi connectivity index (χ4v) is 1.25. The Morgan fingerprint density at radius 3 is 2.85 bits per heavy atom. The Labute approximate surface area is 85.5 Å². The van der Waals surface area contributed by atoms with Crippen molar-refractivity contribution in [3.8, 4) is 0 Å². The minimum absolute atomic E-state index is 0.337. The van der Waals surface area contributed by atoms with Crippen LogP contribution in [0.2, 0.25) is 0 Å². The summed E-state index contributed by atoms with van der Waals surface area (Å²) in [5.41, 5.74) is 1.19. The Bertz CT molecular complexity index is 260. The van der Waals surface area contributed by atoms with Gasteiger partial charge in [-0.15, -0.1) is 12.6 Å². The van der Waals surface area contributed by atoms with E-state index in [-0.39, 0.29) is 0 Å². The Hall–Kier alpha value is -0.470. The topological polar surface area (TPSA) is 9.23 Å². The average molecular weight is 196 g/mol. The zero-order valence-electron chi connectivity index (χ0n) is 8.16. The first kappa shape index (κ1) is 10.6. The molecule has 1 atom stereocenters. The first-order valence-electron chi connectivity index (χ1n) is 4.62. The van der Waals surface area contributed by atoms with Crippen LogP contribution >= 0.6 is 12.6 Å². The summed E-state index contributed by atoms with van der Waals surface area (Å²) in [4.78, 5) is 0.991. The van der Waals surface area contributed by atoms with Crippen LogP contribution in [-0.4, -0.2) is 6.10 Å². The predicted molar refractivity (Wildman–Crippen MR) is 58.2 cm³/mol. The minimum Gasteiger partial charge on any atom is -0.374 e. The lowest BCUT2D eigenvalue weighted by atomic mass is 10.2. The molecule has 0 aromatic heterocycles. The van der Waals surface area contributed by atoms with Gasteiger partial charge in [0.15, 0.2) is 0 Å². The summed E-state index contributed by atoms with van der Waals surface area (Å²) in [6.45, 7) is 4.90. The van der Waals surface area contributed by atoms with E-state index in [1.54, 1.807) is 0 Å². The SMILES string of the molecule is CC[C@H](C)OCc1cccc(S)c1. The number of rotatable bonds is 4. The summed E-state index contributed by atoms with van der Waals surface area (Å²) in [7, 11) is 0. The number of thiol groups is 1. The largest absolute Gasteiger partial charge is 0.374 e. The molecule has 0 fully saturated rings. The van der Waals surface area contributed by atoms with Crippen LogP contribution in [0.1, 0.15) is 25.8 Å². The van der Waals surface area contributed by atoms with Gasteiger partial charge in [-0.3, -0.25) is 0 Å². The number of hydrogen-bond donors (Lipinski definition) is 1. The van der Waals surface area contributed by atoms with E-state index in [0.717, 1.165) is 11.3 Å². The molecule has 0 aliphatic carbocycles. The van der Waals surface area contributed by atoms with E-state index >= 15 is 0 Å². The Morgan fingerprint density at radius 2 is 2.23 bits per heavy atom. The molecule has 0 saturated carbocycles. The molecular weight excluding hydrogens is 180 g/mol. The van der Waals surface area contributed by atoms with Gasteiger partial charge in [0, 0.05) is 4.90 Å². The van der Waals surface area contributed by atoms with Crippen molar-refractivity contribution in [3.05, 3.63) is 29.8 Å². The lowest BCUT2D eigenvalue weighted by Gasteiger charge is -2.10. The highest BCUT2D eigenvalue weighted by molar-refractivity contribution is 7.80. The molecule has 0 spiro atoms. The summed E-state index contributed by atoms with van der Waals surface area (Å²) in [6.07, 6.45) is 1.39. The summed E-state index contributed by atoms with van der Waals surface area (Å²) in [6, 6.07) is 8.06. The minimum atomic E-state index is 0.337. The van der Waals surface area contributed by atoms with Crippen LogP contribution < -0.4 is 0 Å². The van der Waals surface area contributed by atoms with Crippen molar-refractivity contribution in [1.82, 2.24) is 0 Å². The van der Waals surface area contributed by atoms with E-state index in [1.807, 2.05) is 18.2 Å². The van der Waals surface area contributed by atoms with E-state index < -0.39 is 0 Å². The standard InChI is InChI=1S/C11H16OS/c1-3-9(2)12-8-10-5-4-6-11(13)7-10/h4-7,9,13H,3,8H2,1-2H3/t9-/m0/s1. The second-order valence-electron chi connectivity index (χ2n) is 3.20. The van der Waals surface area contributed by atoms with Crippen molar-refractivity contribution in [2.75, 3.05) is 0 Å². The third-order valence-corrected chi connectivity index (χ3v) is 2.30. The van der Waals surface area contributed by atoms with Crippen LogP contribution in [0.25, 0.3) is 0 Å². The molecule has 0 N–H and O–H groups in total. The van der Waals surface area contributed by atoms with E-state index in [9.17, 15) is 0 Å². The molecule has 0 radical (unpaired) electrons. The first-order chi connectivity index (χ1) is 6.22. The normalized spacial score (nSPS) is 12.8. The number of hydrogen-bond acceptors (Lipinski definition) is 2. The lowest BCUT2D eigenvalue weighted by molar-refractivity contribution is 0.0507. The van der Waals surface area contributed by atoms with Crippen LogP contribution in [0.3, 0.4) is 0 Å². The van der Waals surface area contributed by atoms with Gasteiger partial charge < -0.3 is 4.74 Å². The van der Waals surface area contributed by atoms with Crippen LogP contribution in [0.5, 0.6) is 0 Å². The maximum absolute atomic E-state index is 5.60.